The van der Waals surface area contributed by atoms with Gasteiger partial charge in [0, 0.05) is 37.7 Å². The molecule has 1 saturated heterocycles. The number of nitrogens with zero attached hydrogens (tertiary/aromatic N) is 1. The molecule has 2 aromatic rings. The summed E-state index contributed by atoms with van der Waals surface area (Å²) in [5.74, 6) is 0.748. The van der Waals surface area contributed by atoms with E-state index in [2.05, 4.69) is 5.32 Å². The molecule has 31 heavy (non-hydrogen) atoms. The Morgan fingerprint density at radius 3 is 2.90 bits per heavy atom. The minimum Gasteiger partial charge on any atom is -0.490 e. The van der Waals surface area contributed by atoms with Crippen molar-refractivity contribution >= 4 is 22.7 Å². The Morgan fingerprint density at radius 1 is 1.32 bits per heavy atom. The molecule has 1 saturated carbocycles. The van der Waals surface area contributed by atoms with Gasteiger partial charge in [0.1, 0.15) is 17.7 Å². The first kappa shape index (κ1) is 20.8. The van der Waals surface area contributed by atoms with E-state index in [0.29, 0.717) is 42.9 Å². The van der Waals surface area contributed by atoms with Crippen LogP contribution in [0, 0.1) is 11.7 Å². The van der Waals surface area contributed by atoms with Crippen molar-refractivity contribution in [2.24, 2.45) is 5.92 Å². The van der Waals surface area contributed by atoms with E-state index in [4.69, 9.17) is 4.74 Å². The van der Waals surface area contributed by atoms with E-state index in [-0.39, 0.29) is 22.9 Å². The van der Waals surface area contributed by atoms with Gasteiger partial charge >= 0.3 is 0 Å². The largest absolute Gasteiger partial charge is 0.490 e. The molecule has 3 N–H and O–H groups in total. The van der Waals surface area contributed by atoms with Gasteiger partial charge in [-0.1, -0.05) is 36.0 Å². The Morgan fingerprint density at radius 2 is 2.13 bits per heavy atom. The van der Waals surface area contributed by atoms with Gasteiger partial charge in [0.25, 0.3) is 5.24 Å². The lowest BCUT2D eigenvalue weighted by Gasteiger charge is -2.25. The van der Waals surface area contributed by atoms with Gasteiger partial charge in [0.2, 0.25) is 0 Å². The molecule has 2 aliphatic heterocycles. The minimum atomic E-state index is -0.874. The van der Waals surface area contributed by atoms with Crippen LogP contribution in [0.25, 0.3) is 0 Å². The van der Waals surface area contributed by atoms with Gasteiger partial charge in [-0.15, -0.1) is 0 Å². The zero-order chi connectivity index (χ0) is 21.6. The third-order valence-electron chi connectivity index (χ3n) is 6.51. The molecule has 0 unspecified atom stereocenters. The number of hydrogen-bond acceptors (Lipinski definition) is 6. The summed E-state index contributed by atoms with van der Waals surface area (Å²) in [5.41, 5.74) is 0.536. The number of aliphatic hydroxyl groups excluding tert-OH is 1. The number of carbonyl (C=O) groups is 1. The highest BCUT2D eigenvalue weighted by atomic mass is 32.2. The summed E-state index contributed by atoms with van der Waals surface area (Å²) in [6.07, 6.45) is 0.430. The molecule has 0 aromatic heterocycles. The summed E-state index contributed by atoms with van der Waals surface area (Å²) in [6.45, 7) is 1.45. The number of ether oxygens (including phenoxy) is 1. The summed E-state index contributed by atoms with van der Waals surface area (Å²) < 4.78 is 20.5. The third-order valence-corrected chi connectivity index (χ3v) is 7.33. The maximum absolute atomic E-state index is 14.4. The summed E-state index contributed by atoms with van der Waals surface area (Å²) in [6, 6.07) is 12.7. The fraction of sp³-hybridized carbons (Fsp3) is 0.435. The molecule has 1 amide bonds. The molecule has 3 aliphatic rings. The molecule has 4 atom stereocenters. The highest BCUT2D eigenvalue weighted by molar-refractivity contribution is 8.13. The summed E-state index contributed by atoms with van der Waals surface area (Å²) in [7, 11) is 0. The predicted octanol–water partition coefficient (Wildman–Crippen LogP) is 3.54. The number of nitrogens with one attached hydrogen (secondary N) is 1. The van der Waals surface area contributed by atoms with Crippen molar-refractivity contribution in [1.82, 2.24) is 4.90 Å². The van der Waals surface area contributed by atoms with Crippen molar-refractivity contribution in [1.29, 1.82) is 0 Å². The van der Waals surface area contributed by atoms with Crippen molar-refractivity contribution in [3.05, 3.63) is 59.4 Å². The fourth-order valence-electron chi connectivity index (χ4n) is 5.07. The number of β-amino-alcohol motifs (C(OH)–C–C–N with tert-alkyl or cyclic N) is 2. The number of thioether (sulfide) groups is 1. The van der Waals surface area contributed by atoms with E-state index >= 15 is 0 Å². The van der Waals surface area contributed by atoms with Crippen molar-refractivity contribution in [2.75, 3.05) is 25.0 Å². The Bertz CT molecular complexity index is 991. The molecule has 0 bridgehead atoms. The van der Waals surface area contributed by atoms with Crippen LogP contribution in [0.15, 0.2) is 42.5 Å². The molecule has 2 aromatic carbocycles. The molecule has 0 spiro atoms. The third kappa shape index (κ3) is 4.17. The number of halogens is 1. The first-order valence-electron chi connectivity index (χ1n) is 10.5. The molecule has 6 nitrogen and oxygen atoms in total. The van der Waals surface area contributed by atoms with Gasteiger partial charge in [-0.2, -0.15) is 0 Å². The van der Waals surface area contributed by atoms with E-state index in [1.807, 2.05) is 35.2 Å². The zero-order valence-corrected chi connectivity index (χ0v) is 17.8. The number of amides is 1. The van der Waals surface area contributed by atoms with Crippen LogP contribution in [0.1, 0.15) is 30.1 Å². The number of carbonyl (C=O) groups excluding carboxylic acids is 1. The van der Waals surface area contributed by atoms with Crippen LogP contribution < -0.4 is 10.1 Å². The lowest BCUT2D eigenvalue weighted by molar-refractivity contribution is 0.0178. The molecule has 2 heterocycles. The molecule has 164 valence electrons. The summed E-state index contributed by atoms with van der Waals surface area (Å²) in [4.78, 5) is 13.5. The standard InChI is InChI=1S/C23H25FN2O4S/c24-19-7-14(6-15-12-31-22(28)25-21(15)19)20(27)11-26-10-16-8-18(9-23(16,29)13-26)30-17-4-2-1-3-5-17/h1-7,16,18,20,27,29H,8-13H2,(H,25,28)/t16-,18+,20-,23-/m1/s1. The van der Waals surface area contributed by atoms with E-state index < -0.39 is 17.5 Å². The Kier molecular flexibility index (Phi) is 5.42. The van der Waals surface area contributed by atoms with Gasteiger partial charge in [-0.25, -0.2) is 4.39 Å². The van der Waals surface area contributed by atoms with Gasteiger partial charge < -0.3 is 20.3 Å². The van der Waals surface area contributed by atoms with E-state index in [1.165, 1.54) is 6.07 Å². The SMILES string of the molecule is O=C1Nc2c(F)cc([C@H](O)CN3C[C@H]4C[C@H](Oc5ccccc5)C[C@@]4(O)C3)cc2CS1. The number of likely N-dealkylation sites (tertiary alicyclic amines) is 1. The second-order valence-corrected chi connectivity index (χ2v) is 9.69. The van der Waals surface area contributed by atoms with Crippen molar-refractivity contribution in [3.8, 4) is 5.75 Å². The first-order chi connectivity index (χ1) is 14.9. The molecular weight excluding hydrogens is 419 g/mol. The molecule has 5 rings (SSSR count). The van der Waals surface area contributed by atoms with Crippen molar-refractivity contribution < 1.29 is 24.1 Å². The molecule has 1 aliphatic carbocycles. The summed E-state index contributed by atoms with van der Waals surface area (Å²) in [5, 5.41) is 24.2. The van der Waals surface area contributed by atoms with Crippen LogP contribution in [-0.2, 0) is 5.75 Å². The Balaban J connectivity index is 1.21. The van der Waals surface area contributed by atoms with Crippen molar-refractivity contribution in [2.45, 2.75) is 36.4 Å². The normalized spacial score (nSPS) is 28.7. The molecule has 0 radical (unpaired) electrons. The minimum absolute atomic E-state index is 0.0214. The maximum atomic E-state index is 14.4. The van der Waals surface area contributed by atoms with Gasteiger partial charge in [-0.3, -0.25) is 9.69 Å². The van der Waals surface area contributed by atoms with Crippen LogP contribution >= 0.6 is 11.8 Å². The van der Waals surface area contributed by atoms with Crippen LogP contribution in [0.4, 0.5) is 14.9 Å². The second-order valence-electron chi connectivity index (χ2n) is 8.74. The van der Waals surface area contributed by atoms with E-state index in [9.17, 15) is 19.4 Å². The number of benzene rings is 2. The highest BCUT2D eigenvalue weighted by Crippen LogP contribution is 2.43. The smallest absolute Gasteiger partial charge is 0.283 e. The Labute approximate surface area is 184 Å². The van der Waals surface area contributed by atoms with Gasteiger partial charge in [0.15, 0.2) is 0 Å². The predicted molar refractivity (Wildman–Crippen MR) is 117 cm³/mol. The maximum Gasteiger partial charge on any atom is 0.283 e. The van der Waals surface area contributed by atoms with Gasteiger partial charge in [0.05, 0.1) is 17.4 Å². The lowest BCUT2D eigenvalue weighted by atomic mass is 9.95. The first-order valence-corrected chi connectivity index (χ1v) is 11.5. The van der Waals surface area contributed by atoms with E-state index in [1.54, 1.807) is 6.07 Å². The molecule has 2 fully saturated rings. The second kappa shape index (κ2) is 8.09. The summed E-state index contributed by atoms with van der Waals surface area (Å²) >= 11 is 1.08. The molecular formula is C23H25FN2O4S. The number of hydrogen-bond donors (Lipinski definition) is 3. The van der Waals surface area contributed by atoms with Crippen molar-refractivity contribution in [3.63, 3.8) is 0 Å². The van der Waals surface area contributed by atoms with Crippen LogP contribution in [0.5, 0.6) is 5.75 Å². The number of rotatable bonds is 5. The lowest BCUT2D eigenvalue weighted by Crippen LogP contribution is -2.36. The average molecular weight is 445 g/mol. The Hall–Kier alpha value is -2.13. The number of anilines is 1. The molecule has 8 heteroatoms. The number of para-hydroxylation sites is 1. The van der Waals surface area contributed by atoms with Crippen LogP contribution in [0.2, 0.25) is 0 Å². The van der Waals surface area contributed by atoms with Gasteiger partial charge in [-0.05, 0) is 35.7 Å². The van der Waals surface area contributed by atoms with Crippen LogP contribution in [0.3, 0.4) is 0 Å². The van der Waals surface area contributed by atoms with Crippen LogP contribution in [-0.4, -0.2) is 51.7 Å². The fourth-order valence-corrected chi connectivity index (χ4v) is 5.76. The number of fused-ring (bicyclic) bond motifs is 2. The van der Waals surface area contributed by atoms with E-state index in [0.717, 1.165) is 23.9 Å². The zero-order valence-electron chi connectivity index (χ0n) is 17.0. The quantitative estimate of drug-likeness (QED) is 0.655. The number of aliphatic hydroxyl groups is 2. The average Bonchev–Trinajstić information content (AvgIpc) is 3.19. The highest BCUT2D eigenvalue weighted by Gasteiger charge is 2.52. The topological polar surface area (TPSA) is 82.0 Å². The monoisotopic (exact) mass is 444 g/mol.